The Kier molecular flexibility index (Phi) is 4.36. The average molecular weight is 262 g/mol. The molecule has 1 N–H and O–H groups in total. The average Bonchev–Trinajstić information content (AvgIpc) is 2.85. The van der Waals surface area contributed by atoms with Gasteiger partial charge in [0, 0.05) is 11.4 Å². The van der Waals surface area contributed by atoms with Crippen LogP contribution in [-0.4, -0.2) is 17.7 Å². The maximum Gasteiger partial charge on any atom is 0.346 e. The molecule has 0 fully saturated rings. The molecule has 0 aliphatic heterocycles. The van der Waals surface area contributed by atoms with Crippen LogP contribution >= 0.6 is 11.3 Å². The molecule has 2 aromatic rings. The Morgan fingerprint density at radius 2 is 2.06 bits per heavy atom. The molecule has 0 unspecified atom stereocenters. The number of carboxylic acid groups (broad SMARTS) is 1. The van der Waals surface area contributed by atoms with E-state index in [9.17, 15) is 4.79 Å². The highest BCUT2D eigenvalue weighted by Gasteiger charge is 2.07. The van der Waals surface area contributed by atoms with Gasteiger partial charge in [0.25, 0.3) is 0 Å². The number of aromatic carboxylic acids is 1. The standard InChI is InChI=1S/C14H14O3S/c15-14(16)13-9-12(10-18-13)17-8-4-7-11-5-2-1-3-6-11/h1-3,5-6,9-10H,4,7-8H2,(H,15,16). The van der Waals surface area contributed by atoms with E-state index in [0.717, 1.165) is 12.8 Å². The normalized spacial score (nSPS) is 10.2. The van der Waals surface area contributed by atoms with Gasteiger partial charge in [-0.1, -0.05) is 30.3 Å². The smallest absolute Gasteiger partial charge is 0.346 e. The van der Waals surface area contributed by atoms with Gasteiger partial charge in [0.1, 0.15) is 10.6 Å². The zero-order valence-electron chi connectivity index (χ0n) is 9.83. The first-order chi connectivity index (χ1) is 8.75. The lowest BCUT2D eigenvalue weighted by molar-refractivity contribution is 0.0702. The van der Waals surface area contributed by atoms with E-state index in [1.807, 2.05) is 18.2 Å². The van der Waals surface area contributed by atoms with Crippen molar-refractivity contribution in [2.45, 2.75) is 12.8 Å². The Bertz CT molecular complexity index is 505. The van der Waals surface area contributed by atoms with E-state index in [4.69, 9.17) is 9.84 Å². The molecule has 1 aromatic heterocycles. The van der Waals surface area contributed by atoms with Gasteiger partial charge in [-0.05, 0) is 18.4 Å². The number of carbonyl (C=O) groups is 1. The van der Waals surface area contributed by atoms with Gasteiger partial charge in [-0.3, -0.25) is 0 Å². The van der Waals surface area contributed by atoms with Crippen molar-refractivity contribution < 1.29 is 14.6 Å². The first-order valence-electron chi connectivity index (χ1n) is 5.74. The quantitative estimate of drug-likeness (QED) is 0.811. The maximum absolute atomic E-state index is 10.7. The molecule has 2 rings (SSSR count). The minimum absolute atomic E-state index is 0.313. The topological polar surface area (TPSA) is 46.5 Å². The van der Waals surface area contributed by atoms with Gasteiger partial charge in [0.05, 0.1) is 6.61 Å². The Balaban J connectivity index is 1.73. The molecule has 0 aliphatic rings. The molecule has 0 aliphatic carbocycles. The number of thiophene rings is 1. The second-order valence-electron chi connectivity index (χ2n) is 3.89. The van der Waals surface area contributed by atoms with E-state index < -0.39 is 5.97 Å². The lowest BCUT2D eigenvalue weighted by Gasteiger charge is -2.03. The number of hydrogen-bond acceptors (Lipinski definition) is 3. The molecule has 94 valence electrons. The van der Waals surface area contributed by atoms with Gasteiger partial charge in [-0.15, -0.1) is 11.3 Å². The molecular weight excluding hydrogens is 248 g/mol. The fraction of sp³-hybridized carbons (Fsp3) is 0.214. The predicted molar refractivity (Wildman–Crippen MR) is 71.5 cm³/mol. The second-order valence-corrected chi connectivity index (χ2v) is 4.80. The molecule has 4 heteroatoms. The van der Waals surface area contributed by atoms with Crippen LogP contribution in [0.3, 0.4) is 0 Å². The summed E-state index contributed by atoms with van der Waals surface area (Å²) in [5.74, 6) is -0.260. The van der Waals surface area contributed by atoms with E-state index in [-0.39, 0.29) is 0 Å². The largest absolute Gasteiger partial charge is 0.493 e. The van der Waals surface area contributed by atoms with Crippen LogP contribution in [0, 0.1) is 0 Å². The number of ether oxygens (including phenoxy) is 1. The Labute approximate surface area is 110 Å². The molecule has 0 saturated carbocycles. The van der Waals surface area contributed by atoms with Crippen molar-refractivity contribution in [2.24, 2.45) is 0 Å². The van der Waals surface area contributed by atoms with Gasteiger partial charge in [0.2, 0.25) is 0 Å². The molecule has 0 bridgehead atoms. The van der Waals surface area contributed by atoms with Gasteiger partial charge in [-0.25, -0.2) is 4.79 Å². The highest BCUT2D eigenvalue weighted by atomic mass is 32.1. The van der Waals surface area contributed by atoms with Gasteiger partial charge in [0.15, 0.2) is 0 Å². The summed E-state index contributed by atoms with van der Waals surface area (Å²) in [5, 5.41) is 10.5. The highest BCUT2D eigenvalue weighted by molar-refractivity contribution is 7.12. The Hall–Kier alpha value is -1.81. The Morgan fingerprint density at radius 1 is 1.28 bits per heavy atom. The summed E-state index contributed by atoms with van der Waals surface area (Å²) in [6.07, 6.45) is 1.89. The Morgan fingerprint density at radius 3 is 2.72 bits per heavy atom. The molecule has 1 heterocycles. The zero-order chi connectivity index (χ0) is 12.8. The first kappa shape index (κ1) is 12.6. The van der Waals surface area contributed by atoms with Crippen LogP contribution in [0.25, 0.3) is 0 Å². The van der Waals surface area contributed by atoms with Crippen LogP contribution < -0.4 is 4.74 Å². The van der Waals surface area contributed by atoms with Gasteiger partial charge >= 0.3 is 5.97 Å². The lowest BCUT2D eigenvalue weighted by Crippen LogP contribution is -1.98. The van der Waals surface area contributed by atoms with Gasteiger partial charge in [-0.2, -0.15) is 0 Å². The number of aryl methyl sites for hydroxylation is 1. The zero-order valence-corrected chi connectivity index (χ0v) is 10.7. The lowest BCUT2D eigenvalue weighted by atomic mass is 10.1. The van der Waals surface area contributed by atoms with E-state index in [1.165, 1.54) is 16.9 Å². The van der Waals surface area contributed by atoms with Crippen molar-refractivity contribution in [2.75, 3.05) is 6.61 Å². The third-order valence-corrected chi connectivity index (χ3v) is 3.40. The number of carboxylic acids is 1. The number of benzene rings is 1. The second kappa shape index (κ2) is 6.21. The van der Waals surface area contributed by atoms with Gasteiger partial charge < -0.3 is 9.84 Å². The minimum Gasteiger partial charge on any atom is -0.493 e. The molecule has 0 radical (unpaired) electrons. The molecular formula is C14H14O3S. The maximum atomic E-state index is 10.7. The first-order valence-corrected chi connectivity index (χ1v) is 6.62. The minimum atomic E-state index is -0.904. The molecule has 0 saturated heterocycles. The van der Waals surface area contributed by atoms with Crippen molar-refractivity contribution in [1.29, 1.82) is 0 Å². The fourth-order valence-corrected chi connectivity index (χ4v) is 2.28. The summed E-state index contributed by atoms with van der Waals surface area (Å²) >= 11 is 1.19. The van der Waals surface area contributed by atoms with E-state index in [1.54, 1.807) is 11.4 Å². The summed E-state index contributed by atoms with van der Waals surface area (Å²) in [6, 6.07) is 11.8. The molecule has 1 aromatic carbocycles. The van der Waals surface area contributed by atoms with Crippen LogP contribution in [0.15, 0.2) is 41.8 Å². The predicted octanol–water partition coefficient (Wildman–Crippen LogP) is 3.46. The van der Waals surface area contributed by atoms with Crippen molar-refractivity contribution in [1.82, 2.24) is 0 Å². The summed E-state index contributed by atoms with van der Waals surface area (Å²) in [4.78, 5) is 11.0. The highest BCUT2D eigenvalue weighted by Crippen LogP contribution is 2.21. The van der Waals surface area contributed by atoms with Crippen molar-refractivity contribution in [3.8, 4) is 5.75 Å². The van der Waals surface area contributed by atoms with Crippen LogP contribution in [-0.2, 0) is 6.42 Å². The van der Waals surface area contributed by atoms with Crippen LogP contribution in [0.4, 0.5) is 0 Å². The summed E-state index contributed by atoms with van der Waals surface area (Å²) in [5.41, 5.74) is 1.29. The van der Waals surface area contributed by atoms with Crippen LogP contribution in [0.5, 0.6) is 5.75 Å². The molecule has 0 atom stereocenters. The molecule has 0 amide bonds. The van der Waals surface area contributed by atoms with Crippen molar-refractivity contribution in [3.63, 3.8) is 0 Å². The molecule has 0 spiro atoms. The van der Waals surface area contributed by atoms with Crippen LogP contribution in [0.2, 0.25) is 0 Å². The van der Waals surface area contributed by atoms with E-state index in [2.05, 4.69) is 12.1 Å². The van der Waals surface area contributed by atoms with Crippen LogP contribution in [0.1, 0.15) is 21.7 Å². The number of rotatable bonds is 6. The summed E-state index contributed by atoms with van der Waals surface area (Å²) < 4.78 is 5.51. The van der Waals surface area contributed by atoms with E-state index in [0.29, 0.717) is 17.2 Å². The molecule has 18 heavy (non-hydrogen) atoms. The van der Waals surface area contributed by atoms with Crippen molar-refractivity contribution >= 4 is 17.3 Å². The monoisotopic (exact) mass is 262 g/mol. The van der Waals surface area contributed by atoms with E-state index >= 15 is 0 Å². The summed E-state index contributed by atoms with van der Waals surface area (Å²) in [7, 11) is 0. The SMILES string of the molecule is O=C(O)c1cc(OCCCc2ccccc2)cs1. The summed E-state index contributed by atoms with van der Waals surface area (Å²) in [6.45, 7) is 0.602. The number of hydrogen-bond donors (Lipinski definition) is 1. The van der Waals surface area contributed by atoms with Crippen molar-refractivity contribution in [3.05, 3.63) is 52.2 Å². The fourth-order valence-electron chi connectivity index (χ4n) is 1.62. The third-order valence-electron chi connectivity index (χ3n) is 2.51. The third kappa shape index (κ3) is 3.60. The molecule has 3 nitrogen and oxygen atoms in total.